The van der Waals surface area contributed by atoms with Crippen LogP contribution in [0, 0.1) is 0 Å². The van der Waals surface area contributed by atoms with Crippen molar-refractivity contribution < 1.29 is 0 Å². The lowest BCUT2D eigenvalue weighted by Gasteiger charge is -1.80. The van der Waals surface area contributed by atoms with Crippen molar-refractivity contribution >= 4 is 5.71 Å². The molecule has 0 radical (unpaired) electrons. The number of hydrogen-bond acceptors (Lipinski definition) is 1. The Labute approximate surface area is 43.8 Å². The Morgan fingerprint density at radius 3 is 2.86 bits per heavy atom. The van der Waals surface area contributed by atoms with Gasteiger partial charge < -0.3 is 0 Å². The fourth-order valence-corrected chi connectivity index (χ4v) is 0.729. The Hall–Kier alpha value is -0.590. The molecule has 7 heavy (non-hydrogen) atoms. The van der Waals surface area contributed by atoms with Crippen molar-refractivity contribution in [2.24, 2.45) is 4.99 Å². The molecule has 0 bridgehead atoms. The highest BCUT2D eigenvalue weighted by molar-refractivity contribution is 5.95. The van der Waals surface area contributed by atoms with Gasteiger partial charge in [0.1, 0.15) is 0 Å². The fourth-order valence-electron chi connectivity index (χ4n) is 0.729. The van der Waals surface area contributed by atoms with Gasteiger partial charge in [-0.3, -0.25) is 4.99 Å². The summed E-state index contributed by atoms with van der Waals surface area (Å²) >= 11 is 0. The second-order valence-corrected chi connectivity index (χ2v) is 1.68. The van der Waals surface area contributed by atoms with Crippen LogP contribution in [0.5, 0.6) is 0 Å². The quantitative estimate of drug-likeness (QED) is 0.467. The van der Waals surface area contributed by atoms with Crippen LogP contribution in [0.4, 0.5) is 0 Å². The normalized spacial score (nSPS) is 19.1. The third kappa shape index (κ3) is 0.889. The first-order valence-corrected chi connectivity index (χ1v) is 2.59. The van der Waals surface area contributed by atoms with Gasteiger partial charge in [0, 0.05) is 12.3 Å². The lowest BCUT2D eigenvalue weighted by Crippen LogP contribution is -1.81. The van der Waals surface area contributed by atoms with Gasteiger partial charge in [0.25, 0.3) is 0 Å². The molecule has 0 spiro atoms. The molecule has 0 saturated carbocycles. The summed E-state index contributed by atoms with van der Waals surface area (Å²) in [4.78, 5) is 4.15. The van der Waals surface area contributed by atoms with Gasteiger partial charge in [0.15, 0.2) is 0 Å². The standard InChI is InChI=1S/C6H9N/c1-2-6-4-3-5-7-6/h2H,1,3-5H2. The van der Waals surface area contributed by atoms with E-state index in [1.807, 2.05) is 6.08 Å². The van der Waals surface area contributed by atoms with E-state index in [1.165, 1.54) is 12.1 Å². The molecule has 0 unspecified atom stereocenters. The largest absolute Gasteiger partial charge is 0.290 e. The molecule has 0 fully saturated rings. The molecule has 1 nitrogen and oxygen atoms in total. The molecule has 0 aromatic rings. The Balaban J connectivity index is 2.51. The number of rotatable bonds is 1. The second kappa shape index (κ2) is 1.92. The topological polar surface area (TPSA) is 12.4 Å². The van der Waals surface area contributed by atoms with Crippen molar-refractivity contribution in [2.45, 2.75) is 12.8 Å². The third-order valence-corrected chi connectivity index (χ3v) is 1.14. The van der Waals surface area contributed by atoms with Gasteiger partial charge in [0.05, 0.1) is 0 Å². The molecule has 1 heteroatoms. The zero-order chi connectivity index (χ0) is 5.11. The molecule has 0 aromatic heterocycles. The van der Waals surface area contributed by atoms with Crippen molar-refractivity contribution in [3.05, 3.63) is 12.7 Å². The number of hydrogen-bond donors (Lipinski definition) is 0. The van der Waals surface area contributed by atoms with Crippen molar-refractivity contribution in [3.8, 4) is 0 Å². The molecular weight excluding hydrogens is 86.1 g/mol. The third-order valence-electron chi connectivity index (χ3n) is 1.14. The van der Waals surface area contributed by atoms with Gasteiger partial charge in [-0.05, 0) is 18.9 Å². The minimum atomic E-state index is 1.02. The van der Waals surface area contributed by atoms with Gasteiger partial charge in [-0.25, -0.2) is 0 Å². The summed E-state index contributed by atoms with van der Waals surface area (Å²) in [6.45, 7) is 4.63. The van der Waals surface area contributed by atoms with E-state index in [1.54, 1.807) is 0 Å². The first-order valence-electron chi connectivity index (χ1n) is 2.59. The van der Waals surface area contributed by atoms with Crippen LogP contribution in [-0.2, 0) is 0 Å². The summed E-state index contributed by atoms with van der Waals surface area (Å²) in [5.41, 5.74) is 1.18. The Morgan fingerprint density at radius 1 is 1.71 bits per heavy atom. The summed E-state index contributed by atoms with van der Waals surface area (Å²) in [6.07, 6.45) is 4.21. The van der Waals surface area contributed by atoms with E-state index in [0.29, 0.717) is 0 Å². The van der Waals surface area contributed by atoms with Gasteiger partial charge in [-0.15, -0.1) is 0 Å². The van der Waals surface area contributed by atoms with Gasteiger partial charge in [-0.2, -0.15) is 0 Å². The molecule has 0 amide bonds. The summed E-state index contributed by atoms with van der Waals surface area (Å²) in [6, 6.07) is 0. The van der Waals surface area contributed by atoms with Crippen LogP contribution in [0.15, 0.2) is 17.6 Å². The van der Waals surface area contributed by atoms with E-state index in [2.05, 4.69) is 11.6 Å². The fraction of sp³-hybridized carbons (Fsp3) is 0.500. The van der Waals surface area contributed by atoms with Gasteiger partial charge in [0.2, 0.25) is 0 Å². The highest BCUT2D eigenvalue weighted by atomic mass is 14.8. The van der Waals surface area contributed by atoms with Crippen molar-refractivity contribution in [2.75, 3.05) is 6.54 Å². The average Bonchev–Trinajstić information content (AvgIpc) is 2.14. The molecule has 0 atom stereocenters. The Bertz CT molecular complexity index is 103. The number of aliphatic imine (C=N–C) groups is 1. The van der Waals surface area contributed by atoms with E-state index >= 15 is 0 Å². The van der Waals surface area contributed by atoms with Crippen LogP contribution in [-0.4, -0.2) is 12.3 Å². The maximum Gasteiger partial charge on any atom is 0.0396 e. The van der Waals surface area contributed by atoms with Crippen molar-refractivity contribution in [3.63, 3.8) is 0 Å². The van der Waals surface area contributed by atoms with Crippen LogP contribution in [0.3, 0.4) is 0 Å². The van der Waals surface area contributed by atoms with Crippen LogP contribution < -0.4 is 0 Å². The van der Waals surface area contributed by atoms with E-state index < -0.39 is 0 Å². The average molecular weight is 95.1 g/mol. The predicted molar refractivity (Wildman–Crippen MR) is 31.7 cm³/mol. The molecule has 1 aliphatic heterocycles. The Kier molecular flexibility index (Phi) is 1.25. The maximum atomic E-state index is 4.15. The molecule has 1 heterocycles. The molecule has 0 aromatic carbocycles. The molecular formula is C6H9N. The van der Waals surface area contributed by atoms with Crippen LogP contribution >= 0.6 is 0 Å². The minimum Gasteiger partial charge on any atom is -0.290 e. The summed E-state index contributed by atoms with van der Waals surface area (Å²) < 4.78 is 0. The highest BCUT2D eigenvalue weighted by Gasteiger charge is 1.98. The first-order chi connectivity index (χ1) is 3.43. The van der Waals surface area contributed by atoms with Crippen LogP contribution in [0.1, 0.15) is 12.8 Å². The van der Waals surface area contributed by atoms with E-state index in [9.17, 15) is 0 Å². The SMILES string of the molecule is C=CC1=NCCC1. The molecule has 0 aliphatic carbocycles. The lowest BCUT2D eigenvalue weighted by atomic mass is 10.2. The van der Waals surface area contributed by atoms with Crippen molar-refractivity contribution in [1.82, 2.24) is 0 Å². The van der Waals surface area contributed by atoms with Crippen molar-refractivity contribution in [1.29, 1.82) is 0 Å². The molecule has 38 valence electrons. The van der Waals surface area contributed by atoms with Crippen LogP contribution in [0.2, 0.25) is 0 Å². The number of nitrogens with zero attached hydrogens (tertiary/aromatic N) is 1. The monoisotopic (exact) mass is 95.1 g/mol. The molecule has 0 saturated heterocycles. The second-order valence-electron chi connectivity index (χ2n) is 1.68. The summed E-state index contributed by atoms with van der Waals surface area (Å²) in [5, 5.41) is 0. The maximum absolute atomic E-state index is 4.15. The smallest absolute Gasteiger partial charge is 0.0396 e. The first kappa shape index (κ1) is 4.57. The Morgan fingerprint density at radius 2 is 2.57 bits per heavy atom. The van der Waals surface area contributed by atoms with Crippen LogP contribution in [0.25, 0.3) is 0 Å². The zero-order valence-electron chi connectivity index (χ0n) is 4.35. The molecule has 1 aliphatic rings. The van der Waals surface area contributed by atoms with E-state index in [4.69, 9.17) is 0 Å². The van der Waals surface area contributed by atoms with Gasteiger partial charge in [-0.1, -0.05) is 6.58 Å². The lowest BCUT2D eigenvalue weighted by molar-refractivity contribution is 0.951. The summed E-state index contributed by atoms with van der Waals surface area (Å²) in [7, 11) is 0. The highest BCUT2D eigenvalue weighted by Crippen LogP contribution is 2.02. The molecule has 0 N–H and O–H groups in total. The predicted octanol–water partition coefficient (Wildman–Crippen LogP) is 1.41. The van der Waals surface area contributed by atoms with Gasteiger partial charge >= 0.3 is 0 Å². The minimum absolute atomic E-state index is 1.02. The van der Waals surface area contributed by atoms with E-state index in [0.717, 1.165) is 13.0 Å². The van der Waals surface area contributed by atoms with E-state index in [-0.39, 0.29) is 0 Å². The zero-order valence-corrected chi connectivity index (χ0v) is 4.35. The summed E-state index contributed by atoms with van der Waals surface area (Å²) in [5.74, 6) is 0. The number of allylic oxidation sites excluding steroid dienone is 1. The molecule has 1 rings (SSSR count).